The molecule has 1 unspecified atom stereocenters. The van der Waals surface area contributed by atoms with Crippen LogP contribution in [0.1, 0.15) is 35.9 Å². The number of rotatable bonds is 3. The van der Waals surface area contributed by atoms with Crippen LogP contribution in [-0.4, -0.2) is 21.5 Å². The van der Waals surface area contributed by atoms with Crippen LogP contribution in [-0.2, 0) is 0 Å². The van der Waals surface area contributed by atoms with Crippen LogP contribution in [0.5, 0.6) is 0 Å². The molecule has 1 fully saturated rings. The number of piperidine rings is 1. The van der Waals surface area contributed by atoms with Crippen LogP contribution in [0.2, 0.25) is 0 Å². The van der Waals surface area contributed by atoms with Crippen molar-refractivity contribution in [1.29, 1.82) is 0 Å². The average molecular weight is 348 g/mol. The first-order valence-corrected chi connectivity index (χ1v) is 7.39. The van der Waals surface area contributed by atoms with Crippen LogP contribution in [0.15, 0.2) is 18.5 Å². The van der Waals surface area contributed by atoms with Crippen molar-refractivity contribution >= 4 is 47.2 Å². The molecular weight excluding hydrogens is 329 g/mol. The second kappa shape index (κ2) is 8.48. The lowest BCUT2D eigenvalue weighted by Gasteiger charge is -2.22. The molecule has 2 aromatic rings. The summed E-state index contributed by atoms with van der Waals surface area (Å²) in [6.45, 7) is 3.11. The van der Waals surface area contributed by atoms with E-state index in [1.165, 1.54) is 17.7 Å². The van der Waals surface area contributed by atoms with Gasteiger partial charge in [0.1, 0.15) is 0 Å². The maximum Gasteiger partial charge on any atom is 0.229 e. The Morgan fingerprint density at radius 1 is 1.29 bits per heavy atom. The molecule has 0 amide bonds. The second-order valence-corrected chi connectivity index (χ2v) is 5.94. The monoisotopic (exact) mass is 347 g/mol. The second-order valence-electron chi connectivity index (χ2n) is 4.71. The summed E-state index contributed by atoms with van der Waals surface area (Å²) >= 11 is 1.61. The highest BCUT2D eigenvalue weighted by Gasteiger charge is 2.16. The molecule has 5 nitrogen and oxygen atoms in total. The molecule has 0 bridgehead atoms. The number of nitrogens with zero attached hydrogens (tertiary/aromatic N) is 3. The van der Waals surface area contributed by atoms with Gasteiger partial charge in [0.2, 0.25) is 5.95 Å². The Bertz CT molecular complexity index is 557. The molecule has 0 aromatic carbocycles. The lowest BCUT2D eigenvalue weighted by molar-refractivity contribution is 0.405. The van der Waals surface area contributed by atoms with Gasteiger partial charge in [0.15, 0.2) is 5.13 Å². The summed E-state index contributed by atoms with van der Waals surface area (Å²) in [7, 11) is 0. The third kappa shape index (κ3) is 4.78. The molecule has 21 heavy (non-hydrogen) atoms. The largest absolute Gasteiger partial charge is 0.309 e. The van der Waals surface area contributed by atoms with Crippen molar-refractivity contribution in [2.24, 2.45) is 0 Å². The molecule has 8 heteroatoms. The Kier molecular flexibility index (Phi) is 7.31. The van der Waals surface area contributed by atoms with E-state index < -0.39 is 0 Å². The summed E-state index contributed by atoms with van der Waals surface area (Å²) in [5.74, 6) is 0.624. The van der Waals surface area contributed by atoms with E-state index >= 15 is 0 Å². The van der Waals surface area contributed by atoms with E-state index in [0.29, 0.717) is 12.0 Å². The Balaban J connectivity index is 0.00000110. The summed E-state index contributed by atoms with van der Waals surface area (Å²) in [5, 5.41) is 7.50. The van der Waals surface area contributed by atoms with Gasteiger partial charge in [0.05, 0.1) is 5.69 Å². The topological polar surface area (TPSA) is 62.7 Å². The predicted molar refractivity (Wildman–Crippen MR) is 91.3 cm³/mol. The fourth-order valence-corrected chi connectivity index (χ4v) is 2.90. The molecule has 1 aliphatic heterocycles. The highest BCUT2D eigenvalue weighted by molar-refractivity contribution is 7.15. The third-order valence-corrected chi connectivity index (χ3v) is 4.01. The van der Waals surface area contributed by atoms with Gasteiger partial charge >= 0.3 is 0 Å². The maximum absolute atomic E-state index is 4.58. The van der Waals surface area contributed by atoms with E-state index in [2.05, 4.69) is 25.6 Å². The zero-order valence-electron chi connectivity index (χ0n) is 11.7. The highest BCUT2D eigenvalue weighted by Crippen LogP contribution is 2.23. The molecule has 116 valence electrons. The number of hydrogen-bond donors (Lipinski definition) is 2. The molecule has 0 aliphatic carbocycles. The summed E-state index contributed by atoms with van der Waals surface area (Å²) < 4.78 is 0. The van der Waals surface area contributed by atoms with Crippen LogP contribution in [0, 0.1) is 6.92 Å². The molecule has 1 saturated heterocycles. The van der Waals surface area contributed by atoms with Crippen molar-refractivity contribution in [2.45, 2.75) is 32.2 Å². The van der Waals surface area contributed by atoms with Gasteiger partial charge in [0, 0.05) is 23.3 Å². The Morgan fingerprint density at radius 2 is 2.14 bits per heavy atom. The number of hydrogen-bond acceptors (Lipinski definition) is 6. The molecular formula is C13H19Cl2N5S. The van der Waals surface area contributed by atoms with Gasteiger partial charge in [-0.25, -0.2) is 15.0 Å². The molecule has 3 heterocycles. The van der Waals surface area contributed by atoms with E-state index in [-0.39, 0.29) is 24.8 Å². The van der Waals surface area contributed by atoms with Gasteiger partial charge in [0.25, 0.3) is 0 Å². The van der Waals surface area contributed by atoms with Gasteiger partial charge in [-0.15, -0.1) is 36.2 Å². The molecule has 2 N–H and O–H groups in total. The number of aromatic nitrogens is 3. The van der Waals surface area contributed by atoms with Crippen LogP contribution >= 0.6 is 36.2 Å². The maximum atomic E-state index is 4.58. The lowest BCUT2D eigenvalue weighted by Crippen LogP contribution is -2.27. The van der Waals surface area contributed by atoms with Crippen molar-refractivity contribution in [3.05, 3.63) is 29.0 Å². The van der Waals surface area contributed by atoms with Crippen molar-refractivity contribution in [3.63, 3.8) is 0 Å². The fraction of sp³-hybridized carbons (Fsp3) is 0.462. The number of anilines is 2. The molecule has 0 saturated carbocycles. The van der Waals surface area contributed by atoms with Crippen molar-refractivity contribution in [2.75, 3.05) is 11.9 Å². The van der Waals surface area contributed by atoms with Crippen LogP contribution in [0.3, 0.4) is 0 Å². The first-order chi connectivity index (χ1) is 9.31. The summed E-state index contributed by atoms with van der Waals surface area (Å²) in [6.07, 6.45) is 7.31. The van der Waals surface area contributed by atoms with E-state index in [9.17, 15) is 0 Å². The van der Waals surface area contributed by atoms with Crippen LogP contribution < -0.4 is 10.6 Å². The highest BCUT2D eigenvalue weighted by atomic mass is 35.5. The number of nitrogens with one attached hydrogen (secondary N) is 2. The zero-order chi connectivity index (χ0) is 13.1. The number of halogens is 2. The summed E-state index contributed by atoms with van der Waals surface area (Å²) in [4.78, 5) is 14.3. The minimum absolute atomic E-state index is 0. The van der Waals surface area contributed by atoms with Crippen molar-refractivity contribution in [3.8, 4) is 0 Å². The van der Waals surface area contributed by atoms with Crippen molar-refractivity contribution < 1.29 is 0 Å². The molecule has 0 spiro atoms. The Labute approximate surface area is 140 Å². The van der Waals surface area contributed by atoms with Crippen molar-refractivity contribution in [1.82, 2.24) is 20.3 Å². The van der Waals surface area contributed by atoms with Gasteiger partial charge in [-0.3, -0.25) is 0 Å². The minimum atomic E-state index is 0. The lowest BCUT2D eigenvalue weighted by atomic mass is 10.0. The van der Waals surface area contributed by atoms with E-state index in [0.717, 1.165) is 23.8 Å². The summed E-state index contributed by atoms with van der Waals surface area (Å²) in [6, 6.07) is 2.34. The Hall–Kier alpha value is -0.950. The Morgan fingerprint density at radius 3 is 2.81 bits per heavy atom. The molecule has 0 radical (unpaired) electrons. The molecule has 2 aromatic heterocycles. The standard InChI is InChI=1S/C13H17N5S.2ClH/c1-9-8-16-13(19-9)18-12-15-7-5-11(17-12)10-4-2-3-6-14-10;;/h5,7-8,10,14H,2-4,6H2,1H3,(H,15,16,17,18);2*1H. The van der Waals surface area contributed by atoms with Crippen LogP contribution in [0.4, 0.5) is 11.1 Å². The minimum Gasteiger partial charge on any atom is -0.309 e. The van der Waals surface area contributed by atoms with E-state index in [1.807, 2.05) is 19.2 Å². The summed E-state index contributed by atoms with van der Waals surface area (Å²) in [5.41, 5.74) is 1.06. The van der Waals surface area contributed by atoms with E-state index in [1.54, 1.807) is 17.5 Å². The quantitative estimate of drug-likeness (QED) is 0.887. The van der Waals surface area contributed by atoms with Gasteiger partial charge < -0.3 is 10.6 Å². The van der Waals surface area contributed by atoms with Crippen LogP contribution in [0.25, 0.3) is 0 Å². The molecule has 3 rings (SSSR count). The average Bonchev–Trinajstić information content (AvgIpc) is 2.85. The normalized spacial score (nSPS) is 17.5. The van der Waals surface area contributed by atoms with Gasteiger partial charge in [-0.2, -0.15) is 0 Å². The SMILES string of the molecule is Cc1cnc(Nc2nccc(C3CCCCN3)n2)s1.Cl.Cl. The van der Waals surface area contributed by atoms with E-state index in [4.69, 9.17) is 0 Å². The predicted octanol–water partition coefficient (Wildman–Crippen LogP) is 3.64. The molecule has 1 atom stereocenters. The smallest absolute Gasteiger partial charge is 0.229 e. The van der Waals surface area contributed by atoms with Gasteiger partial charge in [-0.05, 0) is 32.4 Å². The fourth-order valence-electron chi connectivity index (χ4n) is 2.24. The first kappa shape index (κ1) is 18.1. The third-order valence-electron chi connectivity index (χ3n) is 3.18. The number of thiazole rings is 1. The zero-order valence-corrected chi connectivity index (χ0v) is 14.2. The molecule has 1 aliphatic rings. The van der Waals surface area contributed by atoms with Gasteiger partial charge in [-0.1, -0.05) is 6.42 Å². The number of aryl methyl sites for hydroxylation is 1. The first-order valence-electron chi connectivity index (χ1n) is 6.57.